The van der Waals surface area contributed by atoms with Gasteiger partial charge in [0, 0.05) is 31.4 Å². The van der Waals surface area contributed by atoms with E-state index in [1.165, 1.54) is 0 Å². The van der Waals surface area contributed by atoms with Gasteiger partial charge in [-0.25, -0.2) is 0 Å². The quantitative estimate of drug-likeness (QED) is 0.644. The van der Waals surface area contributed by atoms with Crippen molar-refractivity contribution in [1.29, 1.82) is 0 Å². The molecule has 0 radical (unpaired) electrons. The molecule has 0 bridgehead atoms. The highest BCUT2D eigenvalue weighted by molar-refractivity contribution is 5.78. The second kappa shape index (κ2) is 2.76. The SMILES string of the molecule is CCn1ccc2ccn(C)c(=O)c21. The summed E-state index contributed by atoms with van der Waals surface area (Å²) in [7, 11) is 1.77. The molecule has 0 aliphatic carbocycles. The normalized spacial score (nSPS) is 10.9. The van der Waals surface area contributed by atoms with E-state index in [-0.39, 0.29) is 5.56 Å². The Hall–Kier alpha value is -1.51. The minimum Gasteiger partial charge on any atom is -0.343 e. The largest absolute Gasteiger partial charge is 0.343 e. The van der Waals surface area contributed by atoms with Crippen molar-refractivity contribution in [1.82, 2.24) is 9.13 Å². The molecular weight excluding hydrogens is 164 g/mol. The summed E-state index contributed by atoms with van der Waals surface area (Å²) in [6.07, 6.45) is 3.75. The topological polar surface area (TPSA) is 26.9 Å². The van der Waals surface area contributed by atoms with Crippen molar-refractivity contribution in [3.8, 4) is 0 Å². The molecule has 3 nitrogen and oxygen atoms in total. The maximum absolute atomic E-state index is 11.7. The van der Waals surface area contributed by atoms with Gasteiger partial charge in [0.25, 0.3) is 5.56 Å². The summed E-state index contributed by atoms with van der Waals surface area (Å²) in [5.41, 5.74) is 0.872. The van der Waals surface area contributed by atoms with Gasteiger partial charge in [-0.1, -0.05) is 0 Å². The van der Waals surface area contributed by atoms with E-state index in [1.807, 2.05) is 29.8 Å². The van der Waals surface area contributed by atoms with Crippen molar-refractivity contribution in [2.75, 3.05) is 0 Å². The van der Waals surface area contributed by atoms with Gasteiger partial charge >= 0.3 is 0 Å². The number of fused-ring (bicyclic) bond motifs is 1. The van der Waals surface area contributed by atoms with E-state index >= 15 is 0 Å². The first-order chi connectivity index (χ1) is 6.24. The molecule has 0 saturated heterocycles. The van der Waals surface area contributed by atoms with Gasteiger partial charge in [0.05, 0.1) is 0 Å². The first kappa shape index (κ1) is 8.10. The Morgan fingerprint density at radius 3 is 2.69 bits per heavy atom. The summed E-state index contributed by atoms with van der Waals surface area (Å²) < 4.78 is 3.58. The van der Waals surface area contributed by atoms with Crippen LogP contribution in [0.1, 0.15) is 6.92 Å². The van der Waals surface area contributed by atoms with Gasteiger partial charge in [0.15, 0.2) is 0 Å². The second-order valence-electron chi connectivity index (χ2n) is 3.14. The highest BCUT2D eigenvalue weighted by atomic mass is 16.1. The Kier molecular flexibility index (Phi) is 1.72. The number of hydrogen-bond donors (Lipinski definition) is 0. The Balaban J connectivity index is 2.94. The Morgan fingerprint density at radius 2 is 2.00 bits per heavy atom. The fraction of sp³-hybridized carbons (Fsp3) is 0.300. The number of pyridine rings is 1. The molecule has 13 heavy (non-hydrogen) atoms. The lowest BCUT2D eigenvalue weighted by molar-refractivity contribution is 0.779. The molecule has 2 aromatic heterocycles. The van der Waals surface area contributed by atoms with Crippen LogP contribution in [0.5, 0.6) is 0 Å². The van der Waals surface area contributed by atoms with Crippen molar-refractivity contribution < 1.29 is 0 Å². The third-order valence-corrected chi connectivity index (χ3v) is 2.34. The van der Waals surface area contributed by atoms with Gasteiger partial charge in [0.2, 0.25) is 0 Å². The van der Waals surface area contributed by atoms with Crippen molar-refractivity contribution in [2.24, 2.45) is 7.05 Å². The standard InChI is InChI=1S/C10H12N2O/c1-3-12-7-5-8-4-6-11(2)10(13)9(8)12/h4-7H,3H2,1-2H3. The molecule has 3 heteroatoms. The van der Waals surface area contributed by atoms with Crippen molar-refractivity contribution in [3.63, 3.8) is 0 Å². The van der Waals surface area contributed by atoms with Gasteiger partial charge in [0.1, 0.15) is 5.52 Å². The van der Waals surface area contributed by atoms with Crippen LogP contribution in [0.2, 0.25) is 0 Å². The van der Waals surface area contributed by atoms with Crippen molar-refractivity contribution in [3.05, 3.63) is 34.9 Å². The molecule has 0 fully saturated rings. The maximum Gasteiger partial charge on any atom is 0.274 e. The molecule has 2 rings (SSSR count). The van der Waals surface area contributed by atoms with E-state index in [2.05, 4.69) is 0 Å². The first-order valence-electron chi connectivity index (χ1n) is 4.38. The zero-order chi connectivity index (χ0) is 9.42. The van der Waals surface area contributed by atoms with Crippen molar-refractivity contribution >= 4 is 10.9 Å². The van der Waals surface area contributed by atoms with Crippen molar-refractivity contribution in [2.45, 2.75) is 13.5 Å². The summed E-state index contributed by atoms with van der Waals surface area (Å²) in [5, 5.41) is 1.02. The third kappa shape index (κ3) is 1.08. The molecule has 2 aromatic rings. The summed E-state index contributed by atoms with van der Waals surface area (Å²) in [5.74, 6) is 0. The molecule has 0 amide bonds. The van der Waals surface area contributed by atoms with Gasteiger partial charge < -0.3 is 9.13 Å². The van der Waals surface area contributed by atoms with E-state index in [1.54, 1.807) is 17.8 Å². The van der Waals surface area contributed by atoms with Crippen LogP contribution in [-0.2, 0) is 13.6 Å². The highest BCUT2D eigenvalue weighted by Crippen LogP contribution is 2.10. The first-order valence-corrected chi connectivity index (χ1v) is 4.38. The van der Waals surface area contributed by atoms with Crippen LogP contribution in [0.15, 0.2) is 29.3 Å². The monoisotopic (exact) mass is 176 g/mol. The predicted octanol–water partition coefficient (Wildman–Crippen LogP) is 1.36. The highest BCUT2D eigenvalue weighted by Gasteiger charge is 2.04. The predicted molar refractivity (Wildman–Crippen MR) is 52.9 cm³/mol. The van der Waals surface area contributed by atoms with Gasteiger partial charge in [-0.05, 0) is 19.1 Å². The fourth-order valence-corrected chi connectivity index (χ4v) is 1.56. The summed E-state index contributed by atoms with van der Waals surface area (Å²) in [4.78, 5) is 11.7. The summed E-state index contributed by atoms with van der Waals surface area (Å²) in [6, 6.07) is 3.93. The van der Waals surface area contributed by atoms with E-state index in [0.29, 0.717) is 0 Å². The molecule has 68 valence electrons. The zero-order valence-electron chi connectivity index (χ0n) is 7.82. The molecule has 0 atom stereocenters. The third-order valence-electron chi connectivity index (χ3n) is 2.34. The molecule has 0 aromatic carbocycles. The lowest BCUT2D eigenvalue weighted by Gasteiger charge is -2.01. The molecule has 0 N–H and O–H groups in total. The number of rotatable bonds is 1. The molecular formula is C10H12N2O. The lowest BCUT2D eigenvalue weighted by Crippen LogP contribution is -2.17. The second-order valence-corrected chi connectivity index (χ2v) is 3.14. The molecule has 2 heterocycles. The Bertz CT molecular complexity index is 493. The van der Waals surface area contributed by atoms with Crippen LogP contribution in [0.25, 0.3) is 10.9 Å². The average Bonchev–Trinajstić information content (AvgIpc) is 2.55. The van der Waals surface area contributed by atoms with Crippen LogP contribution in [0, 0.1) is 0 Å². The lowest BCUT2D eigenvalue weighted by atomic mass is 10.3. The van der Waals surface area contributed by atoms with Gasteiger partial charge in [-0.3, -0.25) is 4.79 Å². The van der Waals surface area contributed by atoms with E-state index in [4.69, 9.17) is 0 Å². The van der Waals surface area contributed by atoms with Crippen LogP contribution in [0.4, 0.5) is 0 Å². The van der Waals surface area contributed by atoms with E-state index in [9.17, 15) is 4.79 Å². The minimum absolute atomic E-state index is 0.0735. The number of aromatic nitrogens is 2. The molecule has 0 aliphatic heterocycles. The molecule has 0 unspecified atom stereocenters. The van der Waals surface area contributed by atoms with E-state index < -0.39 is 0 Å². The minimum atomic E-state index is 0.0735. The van der Waals surface area contributed by atoms with Gasteiger partial charge in [-0.15, -0.1) is 0 Å². The molecule has 0 aliphatic rings. The van der Waals surface area contributed by atoms with Gasteiger partial charge in [-0.2, -0.15) is 0 Å². The van der Waals surface area contributed by atoms with E-state index in [0.717, 1.165) is 17.4 Å². The fourth-order valence-electron chi connectivity index (χ4n) is 1.56. The maximum atomic E-state index is 11.7. The van der Waals surface area contributed by atoms with Crippen LogP contribution < -0.4 is 5.56 Å². The smallest absolute Gasteiger partial charge is 0.274 e. The van der Waals surface area contributed by atoms with Crippen LogP contribution >= 0.6 is 0 Å². The van der Waals surface area contributed by atoms with Crippen LogP contribution in [0.3, 0.4) is 0 Å². The summed E-state index contributed by atoms with van der Waals surface area (Å²) in [6.45, 7) is 2.87. The summed E-state index contributed by atoms with van der Waals surface area (Å²) >= 11 is 0. The number of hydrogen-bond acceptors (Lipinski definition) is 1. The zero-order valence-corrected chi connectivity index (χ0v) is 7.82. The number of aryl methyl sites for hydroxylation is 2. The number of nitrogens with zero attached hydrogens (tertiary/aromatic N) is 2. The van der Waals surface area contributed by atoms with Crippen LogP contribution in [-0.4, -0.2) is 9.13 Å². The molecule has 0 spiro atoms. The molecule has 0 saturated carbocycles. The average molecular weight is 176 g/mol. The Labute approximate surface area is 76.2 Å². The Morgan fingerprint density at radius 1 is 1.31 bits per heavy atom.